The third-order valence-electron chi connectivity index (χ3n) is 5.47. The molecule has 1 aromatic heterocycles. The number of benzene rings is 1. The lowest BCUT2D eigenvalue weighted by atomic mass is 9.75. The summed E-state index contributed by atoms with van der Waals surface area (Å²) in [6, 6.07) is 10.8. The van der Waals surface area contributed by atoms with Crippen molar-refractivity contribution in [3.63, 3.8) is 0 Å². The molecule has 0 unspecified atom stereocenters. The monoisotopic (exact) mass is 350 g/mol. The topological polar surface area (TPSA) is 91.8 Å². The van der Waals surface area contributed by atoms with E-state index in [1.807, 2.05) is 25.1 Å². The molecule has 1 aliphatic heterocycles. The van der Waals surface area contributed by atoms with Crippen LogP contribution in [0.5, 0.6) is 5.75 Å². The number of aromatic nitrogens is 1. The van der Waals surface area contributed by atoms with Crippen molar-refractivity contribution in [2.75, 3.05) is 7.05 Å². The average Bonchev–Trinajstić information content (AvgIpc) is 3.45. The fourth-order valence-electron chi connectivity index (χ4n) is 3.85. The highest BCUT2D eigenvalue weighted by Crippen LogP contribution is 2.50. The Bertz CT molecular complexity index is 906. The zero-order valence-electron chi connectivity index (χ0n) is 14.9. The van der Waals surface area contributed by atoms with Crippen LogP contribution in [0.2, 0.25) is 0 Å². The molecule has 0 radical (unpaired) electrons. The van der Waals surface area contributed by atoms with Crippen molar-refractivity contribution in [3.8, 4) is 17.0 Å². The van der Waals surface area contributed by atoms with Gasteiger partial charge in [0.25, 0.3) is 0 Å². The number of hydrogen-bond acceptors (Lipinski definition) is 5. The molecular formula is C20H22N4O2. The van der Waals surface area contributed by atoms with Crippen molar-refractivity contribution in [1.82, 2.24) is 9.88 Å². The fraction of sp³-hybridized carbons (Fsp3) is 0.350. The molecule has 2 atom stereocenters. The van der Waals surface area contributed by atoms with Crippen LogP contribution in [-0.4, -0.2) is 33.9 Å². The zero-order valence-corrected chi connectivity index (χ0v) is 14.9. The maximum Gasteiger partial charge on any atom is 0.235 e. The Morgan fingerprint density at radius 1 is 1.27 bits per heavy atom. The van der Waals surface area contributed by atoms with Gasteiger partial charge in [0.1, 0.15) is 5.75 Å². The lowest BCUT2D eigenvalue weighted by Gasteiger charge is -2.41. The molecule has 6 nitrogen and oxygen atoms in total. The number of carbonyl (C=O) groups is 1. The number of nitrogens with two attached hydrogens (primary N) is 1. The van der Waals surface area contributed by atoms with Crippen LogP contribution >= 0.6 is 0 Å². The minimum atomic E-state index is -0.719. The minimum absolute atomic E-state index is 0.0261. The number of aromatic hydroxyl groups is 1. The number of phenols is 1. The zero-order chi connectivity index (χ0) is 18.5. The van der Waals surface area contributed by atoms with Crippen molar-refractivity contribution >= 4 is 11.9 Å². The first-order valence-electron chi connectivity index (χ1n) is 8.79. The van der Waals surface area contributed by atoms with Gasteiger partial charge in [0, 0.05) is 18.8 Å². The van der Waals surface area contributed by atoms with Crippen LogP contribution in [0.15, 0.2) is 47.6 Å². The van der Waals surface area contributed by atoms with E-state index in [0.717, 1.165) is 29.7 Å². The van der Waals surface area contributed by atoms with Gasteiger partial charge in [-0.3, -0.25) is 14.7 Å². The summed E-state index contributed by atoms with van der Waals surface area (Å²) >= 11 is 0. The first-order valence-corrected chi connectivity index (χ1v) is 8.79. The standard InChI is InChI=1S/C20H22N4O2/c1-20(17(12-6-7-12)18(26)24(2)19(21)23-20)14-8-9-22-16(11-14)13-4-3-5-15(25)10-13/h3-5,8-12,17,25H,6-7H2,1-2H3,(H2,21,23)/t17-,20+/m0/s1. The van der Waals surface area contributed by atoms with Crippen molar-refractivity contribution in [2.45, 2.75) is 25.3 Å². The Balaban J connectivity index is 1.82. The maximum atomic E-state index is 12.9. The number of phenolic OH excluding ortho intramolecular Hbond substituents is 1. The van der Waals surface area contributed by atoms with Crippen LogP contribution in [0, 0.1) is 11.8 Å². The van der Waals surface area contributed by atoms with Gasteiger partial charge in [0.05, 0.1) is 17.2 Å². The molecule has 2 aliphatic rings. The largest absolute Gasteiger partial charge is 0.508 e. The first-order chi connectivity index (χ1) is 12.4. The van der Waals surface area contributed by atoms with E-state index in [0.29, 0.717) is 5.92 Å². The van der Waals surface area contributed by atoms with Gasteiger partial charge in [0.2, 0.25) is 5.91 Å². The van der Waals surface area contributed by atoms with Crippen molar-refractivity contribution < 1.29 is 9.90 Å². The SMILES string of the molecule is CN1C(=O)[C@H](C2CC2)[C@@](C)(c2ccnc(-c3cccc(O)c3)c2)N=C1N. The highest BCUT2D eigenvalue weighted by molar-refractivity contribution is 6.00. The summed E-state index contributed by atoms with van der Waals surface area (Å²) in [6.07, 6.45) is 3.80. The van der Waals surface area contributed by atoms with Gasteiger partial charge in [-0.25, -0.2) is 4.99 Å². The molecule has 2 aromatic rings. The molecule has 1 fully saturated rings. The number of hydrogen-bond donors (Lipinski definition) is 2. The summed E-state index contributed by atoms with van der Waals surface area (Å²) in [7, 11) is 1.68. The Labute approximate surface area is 152 Å². The second kappa shape index (κ2) is 5.83. The molecule has 0 bridgehead atoms. The number of guanidine groups is 1. The predicted molar refractivity (Wildman–Crippen MR) is 99.3 cm³/mol. The summed E-state index contributed by atoms with van der Waals surface area (Å²) in [4.78, 5) is 23.5. The van der Waals surface area contributed by atoms with E-state index < -0.39 is 5.54 Å². The van der Waals surface area contributed by atoms with E-state index in [1.165, 1.54) is 4.90 Å². The van der Waals surface area contributed by atoms with Crippen LogP contribution < -0.4 is 5.73 Å². The van der Waals surface area contributed by atoms with Crippen molar-refractivity contribution in [3.05, 3.63) is 48.2 Å². The second-order valence-electron chi connectivity index (χ2n) is 7.31. The van der Waals surface area contributed by atoms with Crippen LogP contribution in [-0.2, 0) is 10.3 Å². The molecule has 4 rings (SSSR count). The van der Waals surface area contributed by atoms with E-state index in [1.54, 1.807) is 31.4 Å². The van der Waals surface area contributed by atoms with E-state index in [4.69, 9.17) is 10.7 Å². The molecule has 1 amide bonds. The number of amides is 1. The Kier molecular flexibility index (Phi) is 3.72. The summed E-state index contributed by atoms with van der Waals surface area (Å²) in [5, 5.41) is 9.75. The Hall–Kier alpha value is -2.89. The summed E-state index contributed by atoms with van der Waals surface area (Å²) in [5.74, 6) is 0.570. The molecule has 134 valence electrons. The number of aliphatic imine (C=N–C) groups is 1. The summed E-state index contributed by atoms with van der Waals surface area (Å²) < 4.78 is 0. The third kappa shape index (κ3) is 2.62. The van der Waals surface area contributed by atoms with Gasteiger partial charge in [-0.1, -0.05) is 12.1 Å². The van der Waals surface area contributed by atoms with E-state index in [2.05, 4.69) is 4.98 Å². The number of rotatable bonds is 3. The minimum Gasteiger partial charge on any atom is -0.508 e. The van der Waals surface area contributed by atoms with Crippen molar-refractivity contribution in [2.24, 2.45) is 22.6 Å². The first kappa shape index (κ1) is 16.6. The molecule has 3 N–H and O–H groups in total. The number of nitrogens with zero attached hydrogens (tertiary/aromatic N) is 3. The molecule has 1 aromatic carbocycles. The molecule has 0 spiro atoms. The summed E-state index contributed by atoms with van der Waals surface area (Å²) in [5.41, 5.74) is 7.78. The van der Waals surface area contributed by atoms with E-state index in [-0.39, 0.29) is 23.5 Å². The highest BCUT2D eigenvalue weighted by Gasteiger charge is 2.53. The molecule has 0 saturated heterocycles. The van der Waals surface area contributed by atoms with Crippen molar-refractivity contribution in [1.29, 1.82) is 0 Å². The fourth-order valence-corrected chi connectivity index (χ4v) is 3.85. The number of carbonyl (C=O) groups excluding carboxylic acids is 1. The lowest BCUT2D eigenvalue weighted by molar-refractivity contribution is -0.135. The van der Waals surface area contributed by atoms with E-state index >= 15 is 0 Å². The quantitative estimate of drug-likeness (QED) is 0.889. The Morgan fingerprint density at radius 2 is 2.04 bits per heavy atom. The van der Waals surface area contributed by atoms with Gasteiger partial charge >= 0.3 is 0 Å². The Morgan fingerprint density at radius 3 is 2.73 bits per heavy atom. The molecule has 1 saturated carbocycles. The highest BCUT2D eigenvalue weighted by atomic mass is 16.3. The van der Waals surface area contributed by atoms with Crippen LogP contribution in [0.3, 0.4) is 0 Å². The van der Waals surface area contributed by atoms with Gasteiger partial charge < -0.3 is 10.8 Å². The normalized spacial score (nSPS) is 25.9. The number of pyridine rings is 1. The van der Waals surface area contributed by atoms with Gasteiger partial charge in [-0.15, -0.1) is 0 Å². The second-order valence-corrected chi connectivity index (χ2v) is 7.31. The molecule has 1 aliphatic carbocycles. The van der Waals surface area contributed by atoms with Crippen LogP contribution in [0.4, 0.5) is 0 Å². The molecular weight excluding hydrogens is 328 g/mol. The van der Waals surface area contributed by atoms with Crippen LogP contribution in [0.1, 0.15) is 25.3 Å². The molecule has 6 heteroatoms. The maximum absolute atomic E-state index is 12.9. The van der Waals surface area contributed by atoms with Crippen LogP contribution in [0.25, 0.3) is 11.3 Å². The van der Waals surface area contributed by atoms with Gasteiger partial charge in [-0.2, -0.15) is 0 Å². The lowest BCUT2D eigenvalue weighted by Crippen LogP contribution is -2.54. The van der Waals surface area contributed by atoms with Gasteiger partial charge in [-0.05, 0) is 55.5 Å². The van der Waals surface area contributed by atoms with Gasteiger partial charge in [0.15, 0.2) is 5.96 Å². The average molecular weight is 350 g/mol. The smallest absolute Gasteiger partial charge is 0.235 e. The third-order valence-corrected chi connectivity index (χ3v) is 5.47. The molecule has 26 heavy (non-hydrogen) atoms. The molecule has 2 heterocycles. The predicted octanol–water partition coefficient (Wildman–Crippen LogP) is 2.48. The van der Waals surface area contributed by atoms with E-state index in [9.17, 15) is 9.90 Å². The summed E-state index contributed by atoms with van der Waals surface area (Å²) in [6.45, 7) is 1.98.